The minimum atomic E-state index is -0.413. The van der Waals surface area contributed by atoms with Crippen LogP contribution in [-0.4, -0.2) is 30.2 Å². The lowest BCUT2D eigenvalue weighted by Crippen LogP contribution is -2.36. The van der Waals surface area contributed by atoms with Crippen LogP contribution in [0.2, 0.25) is 0 Å². The standard InChI is InChI=1S/C23H25FN4O3/c1-3-30-22(29)14-27-23(25)26-13-18-12-21(31-28-18)15(2)17-9-10-19(20(24)11-17)16-7-5-4-6-8-16/h4-12,15H,3,13-14H2,1-2H3,(H3,25,26,27). The number of hydrogen-bond donors (Lipinski definition) is 2. The van der Waals surface area contributed by atoms with Crippen LogP contribution in [0.5, 0.6) is 0 Å². The van der Waals surface area contributed by atoms with Crippen LogP contribution in [0.25, 0.3) is 11.1 Å². The van der Waals surface area contributed by atoms with Crippen LogP contribution in [0, 0.1) is 5.82 Å². The molecule has 0 aliphatic rings. The van der Waals surface area contributed by atoms with Gasteiger partial charge in [0.15, 0.2) is 5.96 Å². The largest absolute Gasteiger partial charge is 0.465 e. The van der Waals surface area contributed by atoms with Crippen molar-refractivity contribution in [2.24, 2.45) is 10.7 Å². The van der Waals surface area contributed by atoms with Gasteiger partial charge in [-0.25, -0.2) is 9.38 Å². The van der Waals surface area contributed by atoms with Crippen LogP contribution in [0.3, 0.4) is 0 Å². The molecule has 1 atom stereocenters. The van der Waals surface area contributed by atoms with Crippen molar-refractivity contribution in [2.45, 2.75) is 26.3 Å². The third kappa shape index (κ3) is 5.91. The highest BCUT2D eigenvalue weighted by atomic mass is 19.1. The molecule has 0 aliphatic carbocycles. The van der Waals surface area contributed by atoms with Crippen LogP contribution in [-0.2, 0) is 16.1 Å². The zero-order valence-corrected chi connectivity index (χ0v) is 17.5. The second-order valence-corrected chi connectivity index (χ2v) is 6.91. The Labute approximate surface area is 180 Å². The monoisotopic (exact) mass is 424 g/mol. The quantitative estimate of drug-likeness (QED) is 0.325. The van der Waals surface area contributed by atoms with Gasteiger partial charge < -0.3 is 20.3 Å². The lowest BCUT2D eigenvalue weighted by molar-refractivity contribution is -0.141. The van der Waals surface area contributed by atoms with Crippen LogP contribution in [0.15, 0.2) is 64.1 Å². The molecule has 0 amide bonds. The van der Waals surface area contributed by atoms with E-state index in [1.807, 2.05) is 43.3 Å². The molecule has 3 aromatic rings. The summed E-state index contributed by atoms with van der Waals surface area (Å²) in [6, 6.07) is 16.3. The number of carbonyl (C=O) groups is 1. The van der Waals surface area contributed by atoms with E-state index in [0.29, 0.717) is 23.6 Å². The molecular weight excluding hydrogens is 399 g/mol. The number of nitrogens with one attached hydrogen (secondary N) is 1. The van der Waals surface area contributed by atoms with Crippen LogP contribution < -0.4 is 11.1 Å². The molecule has 1 heterocycles. The molecule has 2 aromatic carbocycles. The lowest BCUT2D eigenvalue weighted by atomic mass is 9.95. The normalized spacial score (nSPS) is 12.4. The fourth-order valence-electron chi connectivity index (χ4n) is 3.02. The summed E-state index contributed by atoms with van der Waals surface area (Å²) in [5.41, 5.74) is 8.46. The van der Waals surface area contributed by atoms with E-state index >= 15 is 0 Å². The molecule has 0 saturated carbocycles. The van der Waals surface area contributed by atoms with Crippen LogP contribution in [0.1, 0.15) is 36.8 Å². The van der Waals surface area contributed by atoms with Gasteiger partial charge >= 0.3 is 5.97 Å². The molecule has 3 rings (SSSR count). The second kappa shape index (κ2) is 10.4. The zero-order valence-electron chi connectivity index (χ0n) is 17.5. The first-order valence-electron chi connectivity index (χ1n) is 9.97. The third-order valence-corrected chi connectivity index (χ3v) is 4.71. The zero-order chi connectivity index (χ0) is 22.2. The summed E-state index contributed by atoms with van der Waals surface area (Å²) in [4.78, 5) is 15.4. The summed E-state index contributed by atoms with van der Waals surface area (Å²) in [6.45, 7) is 4.06. The number of guanidine groups is 1. The number of nitrogens with two attached hydrogens (primary N) is 1. The number of esters is 1. The van der Waals surface area contributed by atoms with Gasteiger partial charge in [0.25, 0.3) is 0 Å². The molecule has 3 N–H and O–H groups in total. The molecule has 0 fully saturated rings. The second-order valence-electron chi connectivity index (χ2n) is 6.91. The summed E-state index contributed by atoms with van der Waals surface area (Å²) in [5.74, 6) is -0.202. The van der Waals surface area contributed by atoms with Gasteiger partial charge in [0.1, 0.15) is 23.8 Å². The van der Waals surface area contributed by atoms with E-state index in [1.54, 1.807) is 19.1 Å². The van der Waals surface area contributed by atoms with E-state index in [1.165, 1.54) is 6.07 Å². The van der Waals surface area contributed by atoms with Crippen molar-refractivity contribution < 1.29 is 18.4 Å². The minimum absolute atomic E-state index is 0.0607. The third-order valence-electron chi connectivity index (χ3n) is 4.71. The molecule has 0 aliphatic heterocycles. The smallest absolute Gasteiger partial charge is 0.325 e. The van der Waals surface area contributed by atoms with Gasteiger partial charge in [0.05, 0.1) is 13.2 Å². The lowest BCUT2D eigenvalue weighted by Gasteiger charge is -2.10. The van der Waals surface area contributed by atoms with Gasteiger partial charge in [-0.1, -0.05) is 54.5 Å². The summed E-state index contributed by atoms with van der Waals surface area (Å²) in [5, 5.41) is 6.67. The summed E-state index contributed by atoms with van der Waals surface area (Å²) >= 11 is 0. The minimum Gasteiger partial charge on any atom is -0.465 e. The number of ether oxygens (including phenoxy) is 1. The molecule has 31 heavy (non-hydrogen) atoms. The van der Waals surface area contributed by atoms with Crippen LogP contribution >= 0.6 is 0 Å². The Hall–Kier alpha value is -3.68. The number of nitrogens with zero attached hydrogens (tertiary/aromatic N) is 2. The molecule has 0 bridgehead atoms. The van der Waals surface area contributed by atoms with Crippen molar-refractivity contribution in [3.05, 3.63) is 77.4 Å². The average molecular weight is 424 g/mol. The van der Waals surface area contributed by atoms with Gasteiger partial charge in [-0.3, -0.25) is 4.79 Å². The highest BCUT2D eigenvalue weighted by Gasteiger charge is 2.17. The number of benzene rings is 2. The first-order valence-corrected chi connectivity index (χ1v) is 9.97. The maximum absolute atomic E-state index is 14.7. The Morgan fingerprint density at radius 2 is 2.03 bits per heavy atom. The number of aromatic nitrogens is 1. The van der Waals surface area contributed by atoms with Crippen molar-refractivity contribution in [3.63, 3.8) is 0 Å². The predicted octanol–water partition coefficient (Wildman–Crippen LogP) is 3.60. The fraction of sp³-hybridized carbons (Fsp3) is 0.261. The molecule has 0 spiro atoms. The maximum atomic E-state index is 14.7. The van der Waals surface area contributed by atoms with E-state index in [4.69, 9.17) is 15.0 Å². The number of hydrogen-bond acceptors (Lipinski definition) is 5. The molecule has 1 unspecified atom stereocenters. The molecular formula is C23H25FN4O3. The Balaban J connectivity index is 1.63. The van der Waals surface area contributed by atoms with E-state index in [9.17, 15) is 9.18 Å². The Bertz CT molecular complexity index is 1050. The molecule has 0 saturated heterocycles. The van der Waals surface area contributed by atoms with Crippen molar-refractivity contribution >= 4 is 11.9 Å². The molecule has 162 valence electrons. The highest BCUT2D eigenvalue weighted by Crippen LogP contribution is 2.29. The fourth-order valence-corrected chi connectivity index (χ4v) is 3.02. The summed E-state index contributed by atoms with van der Waals surface area (Å²) in [7, 11) is 0. The molecule has 1 aromatic heterocycles. The Kier molecular flexibility index (Phi) is 7.37. The Morgan fingerprint density at radius 3 is 2.74 bits per heavy atom. The van der Waals surface area contributed by atoms with Gasteiger partial charge in [0.2, 0.25) is 0 Å². The molecule has 8 heteroatoms. The highest BCUT2D eigenvalue weighted by molar-refractivity contribution is 5.83. The maximum Gasteiger partial charge on any atom is 0.325 e. The van der Waals surface area contributed by atoms with Crippen molar-refractivity contribution in [3.8, 4) is 11.1 Å². The first-order chi connectivity index (χ1) is 15.0. The number of aliphatic imine (C=N–C) groups is 1. The van der Waals surface area contributed by atoms with Gasteiger partial charge in [-0.15, -0.1) is 0 Å². The summed E-state index contributed by atoms with van der Waals surface area (Å²) < 4.78 is 24.9. The van der Waals surface area contributed by atoms with Crippen molar-refractivity contribution in [2.75, 3.05) is 13.2 Å². The number of carbonyl (C=O) groups excluding carboxylic acids is 1. The van der Waals surface area contributed by atoms with E-state index < -0.39 is 5.97 Å². The van der Waals surface area contributed by atoms with E-state index in [0.717, 1.165) is 11.1 Å². The van der Waals surface area contributed by atoms with Crippen molar-refractivity contribution in [1.29, 1.82) is 0 Å². The van der Waals surface area contributed by atoms with Gasteiger partial charge in [-0.2, -0.15) is 0 Å². The Morgan fingerprint density at radius 1 is 1.26 bits per heavy atom. The topological polar surface area (TPSA) is 103 Å². The molecule has 0 radical (unpaired) electrons. The predicted molar refractivity (Wildman–Crippen MR) is 116 cm³/mol. The summed E-state index contributed by atoms with van der Waals surface area (Å²) in [6.07, 6.45) is 0. The van der Waals surface area contributed by atoms with E-state index in [-0.39, 0.29) is 30.8 Å². The van der Waals surface area contributed by atoms with Gasteiger partial charge in [0, 0.05) is 17.5 Å². The first kappa shape index (κ1) is 22.0. The SMILES string of the molecule is CCOC(=O)CNC(N)=NCc1cc(C(C)c2ccc(-c3ccccc3)c(F)c2)on1. The number of halogens is 1. The van der Waals surface area contributed by atoms with E-state index in [2.05, 4.69) is 15.5 Å². The number of rotatable bonds is 8. The average Bonchev–Trinajstić information content (AvgIpc) is 3.25. The van der Waals surface area contributed by atoms with Crippen LogP contribution in [0.4, 0.5) is 4.39 Å². The van der Waals surface area contributed by atoms with Crippen molar-refractivity contribution in [1.82, 2.24) is 10.5 Å². The molecule has 7 nitrogen and oxygen atoms in total. The van der Waals surface area contributed by atoms with Gasteiger partial charge in [-0.05, 0) is 24.1 Å².